The van der Waals surface area contributed by atoms with E-state index in [0.717, 1.165) is 5.56 Å². The van der Waals surface area contributed by atoms with Crippen molar-refractivity contribution >= 4 is 23.5 Å². The van der Waals surface area contributed by atoms with Gasteiger partial charge >= 0.3 is 0 Å². The number of likely N-dealkylation sites (N-methyl/N-ethyl adjacent to an activating group) is 1. The van der Waals surface area contributed by atoms with E-state index in [9.17, 15) is 4.79 Å². The second-order valence-electron chi connectivity index (χ2n) is 2.81. The van der Waals surface area contributed by atoms with E-state index in [1.54, 1.807) is 31.6 Å². The number of hydrogen-bond donors (Lipinski definition) is 0. The molecule has 0 unspecified atom stereocenters. The quantitative estimate of drug-likeness (QED) is 0.670. The van der Waals surface area contributed by atoms with Gasteiger partial charge in [-0.3, -0.25) is 9.79 Å². The zero-order valence-corrected chi connectivity index (χ0v) is 8.54. The third kappa shape index (κ3) is 3.38. The van der Waals surface area contributed by atoms with Crippen LogP contribution in [0.15, 0.2) is 21.8 Å². The number of nitrogens with zero attached hydrogens (tertiary/aromatic N) is 2. The van der Waals surface area contributed by atoms with Gasteiger partial charge in [0, 0.05) is 25.9 Å². The molecule has 0 N–H and O–H groups in total. The predicted molar refractivity (Wildman–Crippen MR) is 55.5 cm³/mol. The highest BCUT2D eigenvalue weighted by molar-refractivity contribution is 7.08. The number of thiophene rings is 1. The molecule has 0 aromatic carbocycles. The monoisotopic (exact) mass is 196 g/mol. The molecule has 70 valence electrons. The van der Waals surface area contributed by atoms with E-state index >= 15 is 0 Å². The van der Waals surface area contributed by atoms with Gasteiger partial charge in [0.25, 0.3) is 0 Å². The number of hydrogen-bond acceptors (Lipinski definition) is 3. The minimum absolute atomic E-state index is 0.0199. The second kappa shape index (κ2) is 4.77. The van der Waals surface area contributed by atoms with Crippen molar-refractivity contribution in [2.24, 2.45) is 4.99 Å². The lowest BCUT2D eigenvalue weighted by atomic mass is 10.4. The van der Waals surface area contributed by atoms with Crippen LogP contribution in [0.4, 0.5) is 0 Å². The first-order chi connectivity index (χ1) is 6.20. The van der Waals surface area contributed by atoms with Crippen LogP contribution in [0.1, 0.15) is 5.56 Å². The van der Waals surface area contributed by atoms with E-state index in [1.165, 1.54) is 4.90 Å². The molecule has 0 atom stereocenters. The molecule has 1 heterocycles. The fourth-order valence-electron chi connectivity index (χ4n) is 0.719. The lowest BCUT2D eigenvalue weighted by molar-refractivity contribution is -0.127. The maximum atomic E-state index is 11.1. The minimum atomic E-state index is 0.0199. The van der Waals surface area contributed by atoms with E-state index in [1.807, 2.05) is 16.8 Å². The second-order valence-corrected chi connectivity index (χ2v) is 3.59. The smallest absolute Gasteiger partial charge is 0.243 e. The van der Waals surface area contributed by atoms with Crippen LogP contribution in [0, 0.1) is 0 Å². The minimum Gasteiger partial charge on any atom is -0.347 e. The molecule has 13 heavy (non-hydrogen) atoms. The molecule has 0 saturated carbocycles. The van der Waals surface area contributed by atoms with Crippen LogP contribution in [0.25, 0.3) is 0 Å². The molecule has 1 aromatic rings. The molecule has 4 heteroatoms. The van der Waals surface area contributed by atoms with Crippen molar-refractivity contribution in [3.05, 3.63) is 22.4 Å². The van der Waals surface area contributed by atoms with Crippen LogP contribution in [-0.2, 0) is 4.79 Å². The van der Waals surface area contributed by atoms with Crippen LogP contribution >= 0.6 is 11.3 Å². The average molecular weight is 196 g/mol. The molecule has 1 rings (SSSR count). The van der Waals surface area contributed by atoms with Crippen LogP contribution in [0.2, 0.25) is 0 Å². The molecule has 0 saturated heterocycles. The number of carbonyl (C=O) groups is 1. The summed E-state index contributed by atoms with van der Waals surface area (Å²) < 4.78 is 0. The Balaban J connectivity index is 2.39. The Labute approximate surface area is 81.7 Å². The van der Waals surface area contributed by atoms with E-state index in [2.05, 4.69) is 4.99 Å². The van der Waals surface area contributed by atoms with Crippen molar-refractivity contribution in [1.29, 1.82) is 0 Å². The molecule has 3 nitrogen and oxygen atoms in total. The van der Waals surface area contributed by atoms with Crippen molar-refractivity contribution in [3.63, 3.8) is 0 Å². The van der Waals surface area contributed by atoms with Crippen molar-refractivity contribution in [2.45, 2.75) is 0 Å². The Morgan fingerprint density at radius 2 is 2.46 bits per heavy atom. The highest BCUT2D eigenvalue weighted by Gasteiger charge is 1.99. The molecule has 1 amide bonds. The van der Waals surface area contributed by atoms with Crippen LogP contribution in [0.3, 0.4) is 0 Å². The summed E-state index contributed by atoms with van der Waals surface area (Å²) in [5.41, 5.74) is 1.05. The van der Waals surface area contributed by atoms with Gasteiger partial charge in [-0.15, -0.1) is 0 Å². The largest absolute Gasteiger partial charge is 0.347 e. The maximum absolute atomic E-state index is 11.1. The summed E-state index contributed by atoms with van der Waals surface area (Å²) in [7, 11) is 3.45. The highest BCUT2D eigenvalue weighted by atomic mass is 32.1. The van der Waals surface area contributed by atoms with Crippen molar-refractivity contribution in [1.82, 2.24) is 4.90 Å². The molecule has 0 radical (unpaired) electrons. The average Bonchev–Trinajstić information content (AvgIpc) is 2.56. The molecule has 0 aliphatic rings. The van der Waals surface area contributed by atoms with Gasteiger partial charge in [0.2, 0.25) is 5.91 Å². The Hall–Kier alpha value is -1.16. The van der Waals surface area contributed by atoms with E-state index < -0.39 is 0 Å². The molecule has 0 fully saturated rings. The van der Waals surface area contributed by atoms with Crippen molar-refractivity contribution in [3.8, 4) is 0 Å². The normalized spacial score (nSPS) is 10.6. The maximum Gasteiger partial charge on any atom is 0.243 e. The summed E-state index contributed by atoms with van der Waals surface area (Å²) in [6.45, 7) is 0.225. The summed E-state index contributed by atoms with van der Waals surface area (Å²) in [5, 5.41) is 3.97. The Bertz CT molecular complexity index is 291. The zero-order chi connectivity index (χ0) is 9.68. The van der Waals surface area contributed by atoms with Gasteiger partial charge in [0.05, 0.1) is 0 Å². The van der Waals surface area contributed by atoms with Gasteiger partial charge in [-0.05, 0) is 16.8 Å². The van der Waals surface area contributed by atoms with Crippen molar-refractivity contribution in [2.75, 3.05) is 20.6 Å². The molecule has 0 aliphatic carbocycles. The van der Waals surface area contributed by atoms with Gasteiger partial charge in [-0.1, -0.05) is 0 Å². The summed E-state index contributed by atoms with van der Waals surface area (Å²) in [5.74, 6) is 0.0199. The molecule has 0 spiro atoms. The number of amides is 1. The molecule has 1 aromatic heterocycles. The summed E-state index contributed by atoms with van der Waals surface area (Å²) in [4.78, 5) is 16.6. The van der Waals surface area contributed by atoms with Gasteiger partial charge in [0.1, 0.15) is 6.54 Å². The number of aliphatic imine (C=N–C) groups is 1. The van der Waals surface area contributed by atoms with Gasteiger partial charge in [-0.2, -0.15) is 11.3 Å². The number of carbonyl (C=O) groups excluding carboxylic acids is 1. The Morgan fingerprint density at radius 3 is 3.00 bits per heavy atom. The van der Waals surface area contributed by atoms with Crippen LogP contribution in [0.5, 0.6) is 0 Å². The Morgan fingerprint density at radius 1 is 1.69 bits per heavy atom. The third-order valence-electron chi connectivity index (χ3n) is 1.51. The lowest BCUT2D eigenvalue weighted by Gasteiger charge is -2.06. The topological polar surface area (TPSA) is 32.7 Å². The molecular formula is C9H12N2OS. The van der Waals surface area contributed by atoms with Gasteiger partial charge in [0.15, 0.2) is 0 Å². The first-order valence-corrected chi connectivity index (χ1v) is 4.86. The Kier molecular flexibility index (Phi) is 3.64. The van der Waals surface area contributed by atoms with Crippen LogP contribution in [-0.4, -0.2) is 37.7 Å². The third-order valence-corrected chi connectivity index (χ3v) is 2.21. The van der Waals surface area contributed by atoms with E-state index in [4.69, 9.17) is 0 Å². The standard InChI is InChI=1S/C9H12N2OS/c1-11(2)9(12)6-10-5-8-3-4-13-7-8/h3-5,7H,6H2,1-2H3. The van der Waals surface area contributed by atoms with Crippen LogP contribution < -0.4 is 0 Å². The highest BCUT2D eigenvalue weighted by Crippen LogP contribution is 2.02. The first-order valence-electron chi connectivity index (χ1n) is 3.92. The fraction of sp³-hybridized carbons (Fsp3) is 0.333. The lowest BCUT2D eigenvalue weighted by Crippen LogP contribution is -2.23. The summed E-state index contributed by atoms with van der Waals surface area (Å²) in [6.07, 6.45) is 1.72. The first kappa shape index (κ1) is 9.92. The van der Waals surface area contributed by atoms with E-state index in [0.29, 0.717) is 0 Å². The zero-order valence-electron chi connectivity index (χ0n) is 7.73. The molecule has 0 bridgehead atoms. The summed E-state index contributed by atoms with van der Waals surface area (Å²) in [6, 6.07) is 1.97. The molecule has 0 aliphatic heterocycles. The van der Waals surface area contributed by atoms with E-state index in [-0.39, 0.29) is 12.5 Å². The fourth-order valence-corrected chi connectivity index (χ4v) is 1.33. The SMILES string of the molecule is CN(C)C(=O)CN=Cc1ccsc1. The van der Waals surface area contributed by atoms with Gasteiger partial charge in [-0.25, -0.2) is 0 Å². The van der Waals surface area contributed by atoms with Crippen molar-refractivity contribution < 1.29 is 4.79 Å². The predicted octanol–water partition coefficient (Wildman–Crippen LogP) is 1.26. The molecular weight excluding hydrogens is 184 g/mol. The van der Waals surface area contributed by atoms with Gasteiger partial charge < -0.3 is 4.90 Å². The number of rotatable bonds is 3. The summed E-state index contributed by atoms with van der Waals surface area (Å²) >= 11 is 1.62.